The monoisotopic (exact) mass is 486 g/mol. The molecule has 186 valence electrons. The van der Waals surface area contributed by atoms with Crippen LogP contribution < -0.4 is 10.2 Å². The number of piperidine rings is 1. The second kappa shape index (κ2) is 9.93. The number of para-hydroxylation sites is 1. The molecular weight excluding hydrogens is 456 g/mol. The predicted octanol–water partition coefficient (Wildman–Crippen LogP) is 3.93. The number of rotatable bonds is 6. The van der Waals surface area contributed by atoms with Crippen molar-refractivity contribution in [2.45, 2.75) is 32.1 Å². The normalized spacial score (nSPS) is 18.5. The molecule has 3 aromatic rings. The van der Waals surface area contributed by atoms with Crippen molar-refractivity contribution in [3.8, 4) is 11.4 Å². The molecular formula is C27H30N6O3. The van der Waals surface area contributed by atoms with Gasteiger partial charge in [-0.3, -0.25) is 9.59 Å². The van der Waals surface area contributed by atoms with Gasteiger partial charge in [-0.05, 0) is 38.0 Å². The molecule has 0 unspecified atom stereocenters. The maximum atomic E-state index is 13.2. The highest BCUT2D eigenvalue weighted by Crippen LogP contribution is 2.32. The van der Waals surface area contributed by atoms with Gasteiger partial charge in [-0.1, -0.05) is 35.5 Å². The molecule has 5 rings (SSSR count). The lowest BCUT2D eigenvalue weighted by Crippen LogP contribution is -2.42. The third-order valence-corrected chi connectivity index (χ3v) is 7.09. The fraction of sp³-hybridized carbons (Fsp3) is 0.370. The number of aromatic nitrogens is 2. The Balaban J connectivity index is 1.20. The first-order valence-electron chi connectivity index (χ1n) is 12.3. The van der Waals surface area contributed by atoms with Gasteiger partial charge in [0.05, 0.1) is 5.92 Å². The van der Waals surface area contributed by atoms with Crippen molar-refractivity contribution in [2.75, 3.05) is 36.9 Å². The molecule has 2 saturated heterocycles. The Morgan fingerprint density at radius 2 is 1.89 bits per heavy atom. The molecule has 0 radical (unpaired) electrons. The largest absolute Gasteiger partial charge is 0.388 e. The van der Waals surface area contributed by atoms with Gasteiger partial charge in [0.25, 0.3) is 0 Å². The van der Waals surface area contributed by atoms with Crippen LogP contribution in [-0.4, -0.2) is 59.2 Å². The van der Waals surface area contributed by atoms with Crippen LogP contribution in [0.25, 0.3) is 11.4 Å². The first-order valence-corrected chi connectivity index (χ1v) is 12.3. The number of benzene rings is 2. The van der Waals surface area contributed by atoms with Gasteiger partial charge in [-0.2, -0.15) is 4.98 Å². The van der Waals surface area contributed by atoms with Crippen LogP contribution in [0.3, 0.4) is 0 Å². The highest BCUT2D eigenvalue weighted by Gasteiger charge is 2.38. The lowest BCUT2D eigenvalue weighted by atomic mass is 9.95. The summed E-state index contributed by atoms with van der Waals surface area (Å²) in [5, 5.41) is 15.2. The first kappa shape index (κ1) is 23.7. The van der Waals surface area contributed by atoms with Crippen LogP contribution in [0.5, 0.6) is 0 Å². The van der Waals surface area contributed by atoms with Crippen molar-refractivity contribution >= 4 is 28.9 Å². The zero-order valence-corrected chi connectivity index (χ0v) is 20.5. The maximum Gasteiger partial charge on any atom is 0.230 e. The Morgan fingerprint density at radius 1 is 1.14 bits per heavy atom. The minimum absolute atomic E-state index is 0.00179. The summed E-state index contributed by atoms with van der Waals surface area (Å²) in [7, 11) is 1.82. The van der Waals surface area contributed by atoms with Crippen LogP contribution >= 0.6 is 0 Å². The molecule has 1 aromatic heterocycles. The lowest BCUT2D eigenvalue weighted by Gasteiger charge is -2.32. The Kier molecular flexibility index (Phi) is 6.54. The van der Waals surface area contributed by atoms with E-state index in [1.807, 2.05) is 60.5 Å². The minimum atomic E-state index is -0.307. The molecule has 2 aliphatic heterocycles. The highest BCUT2D eigenvalue weighted by molar-refractivity contribution is 6.02. The number of nitrogens with zero attached hydrogens (tertiary/aromatic N) is 4. The SMILES string of the molecule is CNc1cc(-c2noc(C3CCN(C(=O)[C@@H]4CC(=O)N(c5ccccc5)C4)CC3)n2)ccc1C(C)=N. The average molecular weight is 487 g/mol. The fourth-order valence-corrected chi connectivity index (χ4v) is 5.07. The zero-order chi connectivity index (χ0) is 25.2. The molecule has 1 atom stereocenters. The smallest absolute Gasteiger partial charge is 0.230 e. The molecule has 0 spiro atoms. The van der Waals surface area contributed by atoms with E-state index in [4.69, 9.17) is 9.93 Å². The number of amides is 2. The molecule has 0 aliphatic carbocycles. The Morgan fingerprint density at radius 3 is 2.58 bits per heavy atom. The molecule has 9 heteroatoms. The van der Waals surface area contributed by atoms with Crippen molar-refractivity contribution in [3.63, 3.8) is 0 Å². The van der Waals surface area contributed by atoms with E-state index in [0.29, 0.717) is 37.1 Å². The number of carbonyl (C=O) groups excluding carboxylic acids is 2. The van der Waals surface area contributed by atoms with Gasteiger partial charge >= 0.3 is 0 Å². The summed E-state index contributed by atoms with van der Waals surface area (Å²) in [5.41, 5.74) is 3.82. The molecule has 0 bridgehead atoms. The Hall–Kier alpha value is -4.01. The standard InChI is InChI=1S/C27H30N6O3/c1-17(28)22-9-8-19(14-23(22)29-2)25-30-26(36-31-25)18-10-12-32(13-11-18)27(35)20-15-24(34)33(16-20)21-6-4-3-5-7-21/h3-9,14,18,20,28-29H,10-13,15-16H2,1-2H3/t20-/m1/s1. The van der Waals surface area contributed by atoms with Gasteiger partial charge in [-0.15, -0.1) is 0 Å². The van der Waals surface area contributed by atoms with E-state index in [1.54, 1.807) is 11.8 Å². The molecule has 3 heterocycles. The maximum absolute atomic E-state index is 13.2. The van der Waals surface area contributed by atoms with Crippen molar-refractivity contribution < 1.29 is 14.1 Å². The lowest BCUT2D eigenvalue weighted by molar-refractivity contribution is -0.136. The second-order valence-electron chi connectivity index (χ2n) is 9.43. The van der Waals surface area contributed by atoms with E-state index >= 15 is 0 Å². The summed E-state index contributed by atoms with van der Waals surface area (Å²) in [6, 6.07) is 15.2. The van der Waals surface area contributed by atoms with Gasteiger partial charge in [0.2, 0.25) is 23.5 Å². The van der Waals surface area contributed by atoms with E-state index in [2.05, 4.69) is 15.5 Å². The van der Waals surface area contributed by atoms with Gasteiger partial charge < -0.3 is 25.0 Å². The van der Waals surface area contributed by atoms with E-state index in [-0.39, 0.29) is 30.1 Å². The Labute approximate surface area is 210 Å². The zero-order valence-electron chi connectivity index (χ0n) is 20.5. The molecule has 2 aliphatic rings. The van der Waals surface area contributed by atoms with Crippen LogP contribution in [0, 0.1) is 11.3 Å². The quantitative estimate of drug-likeness (QED) is 0.510. The van der Waals surface area contributed by atoms with E-state index < -0.39 is 0 Å². The molecule has 2 amide bonds. The van der Waals surface area contributed by atoms with Gasteiger partial charge in [-0.25, -0.2) is 0 Å². The summed E-state index contributed by atoms with van der Waals surface area (Å²) in [6.07, 6.45) is 1.74. The number of nitrogens with one attached hydrogen (secondary N) is 2. The van der Waals surface area contributed by atoms with Gasteiger partial charge in [0.15, 0.2) is 0 Å². The molecule has 0 saturated carbocycles. The van der Waals surface area contributed by atoms with E-state index in [1.165, 1.54) is 0 Å². The van der Waals surface area contributed by atoms with Crippen LogP contribution in [-0.2, 0) is 9.59 Å². The minimum Gasteiger partial charge on any atom is -0.388 e. The molecule has 36 heavy (non-hydrogen) atoms. The summed E-state index contributed by atoms with van der Waals surface area (Å²) in [6.45, 7) is 3.39. The van der Waals surface area contributed by atoms with Crippen LogP contribution in [0.2, 0.25) is 0 Å². The first-order chi connectivity index (χ1) is 17.4. The van der Waals surface area contributed by atoms with Gasteiger partial charge in [0, 0.05) is 67.2 Å². The molecule has 2 aromatic carbocycles. The van der Waals surface area contributed by atoms with E-state index in [9.17, 15) is 9.59 Å². The third-order valence-electron chi connectivity index (χ3n) is 7.09. The van der Waals surface area contributed by atoms with Crippen LogP contribution in [0.1, 0.15) is 43.6 Å². The topological polar surface area (TPSA) is 115 Å². The summed E-state index contributed by atoms with van der Waals surface area (Å²) in [4.78, 5) is 33.9. The molecule has 9 nitrogen and oxygen atoms in total. The highest BCUT2D eigenvalue weighted by atomic mass is 16.5. The average Bonchev–Trinajstić information content (AvgIpc) is 3.56. The molecule has 2 fully saturated rings. The summed E-state index contributed by atoms with van der Waals surface area (Å²) >= 11 is 0. The number of likely N-dealkylation sites (tertiary alicyclic amines) is 1. The van der Waals surface area contributed by atoms with Crippen molar-refractivity contribution in [1.29, 1.82) is 5.41 Å². The molecule has 2 N–H and O–H groups in total. The van der Waals surface area contributed by atoms with Crippen molar-refractivity contribution in [3.05, 3.63) is 60.0 Å². The van der Waals surface area contributed by atoms with E-state index in [0.717, 1.165) is 35.3 Å². The predicted molar refractivity (Wildman–Crippen MR) is 137 cm³/mol. The number of hydrogen-bond acceptors (Lipinski definition) is 7. The van der Waals surface area contributed by atoms with Crippen LogP contribution in [0.4, 0.5) is 11.4 Å². The Bertz CT molecular complexity index is 1280. The number of carbonyl (C=O) groups is 2. The van der Waals surface area contributed by atoms with Crippen LogP contribution in [0.15, 0.2) is 53.1 Å². The number of anilines is 2. The third kappa shape index (κ3) is 4.60. The summed E-state index contributed by atoms with van der Waals surface area (Å²) in [5.74, 6) is 0.929. The van der Waals surface area contributed by atoms with Crippen molar-refractivity contribution in [1.82, 2.24) is 15.0 Å². The van der Waals surface area contributed by atoms with Gasteiger partial charge in [0.1, 0.15) is 0 Å². The fourth-order valence-electron chi connectivity index (χ4n) is 5.07. The number of hydrogen-bond donors (Lipinski definition) is 2. The second-order valence-corrected chi connectivity index (χ2v) is 9.43. The summed E-state index contributed by atoms with van der Waals surface area (Å²) < 4.78 is 5.60. The van der Waals surface area contributed by atoms with Crippen molar-refractivity contribution in [2.24, 2.45) is 5.92 Å².